The molecule has 0 fully saturated rings. The summed E-state index contributed by atoms with van der Waals surface area (Å²) in [7, 11) is 0. The molecule has 0 spiro atoms. The summed E-state index contributed by atoms with van der Waals surface area (Å²) in [4.78, 5) is 30.0. The number of aliphatic hydroxyl groups is 2. The number of nitrogens with zero attached hydrogens (tertiary/aromatic N) is 2. The number of aliphatic hydroxyl groups excluding tert-OH is 2. The molecule has 0 saturated carbocycles. The molecule has 3 aliphatic rings. The first kappa shape index (κ1) is 20.5. The number of aryl methyl sites for hydroxylation is 1. The van der Waals surface area contributed by atoms with Crippen LogP contribution in [0.5, 0.6) is 0 Å². The molecule has 170 valence electrons. The maximum absolute atomic E-state index is 14.8. The molecule has 8 heteroatoms. The summed E-state index contributed by atoms with van der Waals surface area (Å²) < 4.78 is 21.4. The predicted molar refractivity (Wildman–Crippen MR) is 117 cm³/mol. The molecule has 1 unspecified atom stereocenters. The van der Waals surface area contributed by atoms with Gasteiger partial charge in [0.2, 0.25) is 0 Å². The summed E-state index contributed by atoms with van der Waals surface area (Å²) in [6.07, 6.45) is 1.52. The van der Waals surface area contributed by atoms with Crippen LogP contribution >= 0.6 is 0 Å². The number of carbonyl (C=O) groups excluding carboxylic acids is 1. The third-order valence-electron chi connectivity index (χ3n) is 7.48. The fourth-order valence-corrected chi connectivity index (χ4v) is 5.82. The second-order valence-electron chi connectivity index (χ2n) is 9.18. The number of pyridine rings is 2. The fourth-order valence-electron chi connectivity index (χ4n) is 5.82. The van der Waals surface area contributed by atoms with Crippen molar-refractivity contribution in [2.24, 2.45) is 0 Å². The zero-order chi connectivity index (χ0) is 23.0. The number of carbonyl (C=O) groups is 1. The van der Waals surface area contributed by atoms with Crippen LogP contribution in [0, 0.1) is 12.7 Å². The topological polar surface area (TPSA) is 102 Å². The lowest BCUT2D eigenvalue weighted by Crippen LogP contribution is -2.32. The number of esters is 1. The molecule has 2 N–H and O–H groups in total. The minimum absolute atomic E-state index is 0.0978. The van der Waals surface area contributed by atoms with Crippen molar-refractivity contribution < 1.29 is 24.1 Å². The molecule has 0 saturated heterocycles. The van der Waals surface area contributed by atoms with Gasteiger partial charge in [0.1, 0.15) is 12.4 Å². The number of halogens is 1. The SMILES string of the molecule is Cc1c(F)cc2nc3c(c4c2c1CC[C@H]4CCCO)Cn1c-3cc2c(c1=O)COC(=O)C2O. The Bertz CT molecular complexity index is 1430. The van der Waals surface area contributed by atoms with Gasteiger partial charge in [-0.05, 0) is 61.3 Å². The number of hydrogen-bond donors (Lipinski definition) is 2. The van der Waals surface area contributed by atoms with Crippen molar-refractivity contribution >= 4 is 16.9 Å². The van der Waals surface area contributed by atoms with E-state index in [1.165, 1.54) is 6.07 Å². The molecule has 1 aromatic carbocycles. The Morgan fingerprint density at radius 1 is 1.24 bits per heavy atom. The van der Waals surface area contributed by atoms with E-state index in [0.29, 0.717) is 35.4 Å². The van der Waals surface area contributed by atoms with Crippen molar-refractivity contribution in [1.82, 2.24) is 9.55 Å². The summed E-state index contributed by atoms with van der Waals surface area (Å²) in [5, 5.41) is 20.7. The van der Waals surface area contributed by atoms with Gasteiger partial charge < -0.3 is 19.5 Å². The monoisotopic (exact) mass is 450 g/mol. The van der Waals surface area contributed by atoms with Crippen LogP contribution in [-0.4, -0.2) is 32.3 Å². The Labute approximate surface area is 188 Å². The first-order valence-corrected chi connectivity index (χ1v) is 11.3. The Kier molecular flexibility index (Phi) is 4.47. The minimum Gasteiger partial charge on any atom is -0.458 e. The number of ether oxygens (including phenoxy) is 1. The van der Waals surface area contributed by atoms with Crippen molar-refractivity contribution in [2.45, 2.75) is 57.8 Å². The maximum Gasteiger partial charge on any atom is 0.340 e. The summed E-state index contributed by atoms with van der Waals surface area (Å²) >= 11 is 0. The fraction of sp³-hybridized carbons (Fsp3) is 0.400. The van der Waals surface area contributed by atoms with Crippen molar-refractivity contribution in [3.05, 3.63) is 61.7 Å². The van der Waals surface area contributed by atoms with E-state index in [1.54, 1.807) is 17.6 Å². The second kappa shape index (κ2) is 7.20. The predicted octanol–water partition coefficient (Wildman–Crippen LogP) is 2.77. The summed E-state index contributed by atoms with van der Waals surface area (Å²) in [5.41, 5.74) is 5.49. The minimum atomic E-state index is -1.51. The lowest BCUT2D eigenvalue weighted by atomic mass is 9.76. The Hall–Kier alpha value is -3.10. The number of aromatic nitrogens is 2. The van der Waals surface area contributed by atoms with E-state index < -0.39 is 12.1 Å². The average molecular weight is 450 g/mol. The van der Waals surface area contributed by atoms with E-state index in [1.807, 2.05) is 0 Å². The first-order chi connectivity index (χ1) is 15.9. The summed E-state index contributed by atoms with van der Waals surface area (Å²) in [5.74, 6) is -0.912. The van der Waals surface area contributed by atoms with Crippen LogP contribution in [0.25, 0.3) is 22.3 Å². The molecule has 6 rings (SSSR count). The van der Waals surface area contributed by atoms with Crippen molar-refractivity contribution in [3.8, 4) is 11.4 Å². The third-order valence-corrected chi connectivity index (χ3v) is 7.48. The van der Waals surface area contributed by atoms with E-state index in [4.69, 9.17) is 9.72 Å². The van der Waals surface area contributed by atoms with E-state index in [0.717, 1.165) is 41.3 Å². The highest BCUT2D eigenvalue weighted by Gasteiger charge is 2.37. The molecule has 33 heavy (non-hydrogen) atoms. The number of hydrogen-bond acceptors (Lipinski definition) is 6. The molecule has 4 heterocycles. The molecule has 3 aromatic rings. The van der Waals surface area contributed by atoms with E-state index in [9.17, 15) is 24.2 Å². The Morgan fingerprint density at radius 3 is 2.85 bits per heavy atom. The summed E-state index contributed by atoms with van der Waals surface area (Å²) in [6.45, 7) is 2.04. The first-order valence-electron chi connectivity index (χ1n) is 11.3. The van der Waals surface area contributed by atoms with Crippen LogP contribution in [0.3, 0.4) is 0 Å². The number of rotatable bonds is 3. The molecular weight excluding hydrogens is 427 g/mol. The average Bonchev–Trinajstić information content (AvgIpc) is 3.17. The molecule has 2 aliphatic heterocycles. The molecule has 1 aliphatic carbocycles. The number of cyclic esters (lactones) is 1. The lowest BCUT2D eigenvalue weighted by Gasteiger charge is -2.29. The summed E-state index contributed by atoms with van der Waals surface area (Å²) in [6, 6.07) is 3.11. The van der Waals surface area contributed by atoms with Crippen LogP contribution in [0.4, 0.5) is 4.39 Å². The van der Waals surface area contributed by atoms with Gasteiger partial charge in [-0.25, -0.2) is 14.2 Å². The van der Waals surface area contributed by atoms with Gasteiger partial charge in [0.15, 0.2) is 6.10 Å². The third kappa shape index (κ3) is 2.77. The van der Waals surface area contributed by atoms with Crippen LogP contribution in [0.15, 0.2) is 16.9 Å². The molecule has 0 radical (unpaired) electrons. The van der Waals surface area contributed by atoms with Crippen LogP contribution in [0.1, 0.15) is 64.7 Å². The maximum atomic E-state index is 14.8. The van der Waals surface area contributed by atoms with E-state index in [2.05, 4.69) is 0 Å². The zero-order valence-corrected chi connectivity index (χ0v) is 18.2. The van der Waals surface area contributed by atoms with Gasteiger partial charge in [0, 0.05) is 29.2 Å². The van der Waals surface area contributed by atoms with Gasteiger partial charge >= 0.3 is 5.97 Å². The molecule has 0 amide bonds. The highest BCUT2D eigenvalue weighted by molar-refractivity contribution is 5.93. The van der Waals surface area contributed by atoms with E-state index in [-0.39, 0.29) is 41.6 Å². The van der Waals surface area contributed by atoms with Gasteiger partial charge in [0.05, 0.1) is 29.0 Å². The number of benzene rings is 1. The van der Waals surface area contributed by atoms with Gasteiger partial charge in [-0.1, -0.05) is 0 Å². The Morgan fingerprint density at radius 2 is 2.06 bits per heavy atom. The highest BCUT2D eigenvalue weighted by atomic mass is 19.1. The smallest absolute Gasteiger partial charge is 0.340 e. The van der Waals surface area contributed by atoms with Crippen molar-refractivity contribution in [3.63, 3.8) is 0 Å². The van der Waals surface area contributed by atoms with Crippen LogP contribution < -0.4 is 5.56 Å². The molecule has 7 nitrogen and oxygen atoms in total. The van der Waals surface area contributed by atoms with Crippen LogP contribution in [-0.2, 0) is 29.1 Å². The normalized spacial score (nSPS) is 20.4. The van der Waals surface area contributed by atoms with Crippen LogP contribution in [0.2, 0.25) is 0 Å². The van der Waals surface area contributed by atoms with Gasteiger partial charge in [-0.2, -0.15) is 0 Å². The zero-order valence-electron chi connectivity index (χ0n) is 18.2. The standard InChI is InChI=1S/C25H23FN2O5/c1-11-13-5-4-12(3-2-6-29)20-15-9-28-19(22(15)27-18(21(13)20)8-17(11)26)7-14-16(24(28)31)10-33-25(32)23(14)30/h7-8,12,23,29-30H,2-6,9-10H2,1H3/t12-,23?/m1/s1. The molecular formula is C25H23FN2O5. The lowest BCUT2D eigenvalue weighted by molar-refractivity contribution is -0.157. The second-order valence-corrected chi connectivity index (χ2v) is 9.18. The molecule has 2 aromatic heterocycles. The van der Waals surface area contributed by atoms with Gasteiger partial charge in [-0.3, -0.25) is 4.79 Å². The van der Waals surface area contributed by atoms with E-state index >= 15 is 0 Å². The highest BCUT2D eigenvalue weighted by Crippen LogP contribution is 2.47. The Balaban J connectivity index is 1.65. The molecule has 0 bridgehead atoms. The van der Waals surface area contributed by atoms with Crippen molar-refractivity contribution in [2.75, 3.05) is 6.61 Å². The largest absolute Gasteiger partial charge is 0.458 e. The van der Waals surface area contributed by atoms with Gasteiger partial charge in [-0.15, -0.1) is 0 Å². The quantitative estimate of drug-likeness (QED) is 0.466. The molecule has 2 atom stereocenters. The van der Waals surface area contributed by atoms with Gasteiger partial charge in [0.25, 0.3) is 5.56 Å². The number of fused-ring (bicyclic) bond motifs is 5. The van der Waals surface area contributed by atoms with Crippen molar-refractivity contribution in [1.29, 1.82) is 0 Å².